The molecule has 0 saturated carbocycles. The summed E-state index contributed by atoms with van der Waals surface area (Å²) in [6.45, 7) is 5.45. The molecule has 2 atom stereocenters. The molecule has 0 amide bonds. The summed E-state index contributed by atoms with van der Waals surface area (Å²) in [5.41, 5.74) is 3.39. The van der Waals surface area contributed by atoms with Crippen LogP contribution >= 0.6 is 0 Å². The van der Waals surface area contributed by atoms with Crippen LogP contribution < -0.4 is 0 Å². The van der Waals surface area contributed by atoms with Crippen LogP contribution in [0.4, 0.5) is 0 Å². The molecule has 0 spiro atoms. The molecule has 3 aromatic rings. The highest BCUT2D eigenvalue weighted by atomic mass is 16.5. The number of aliphatic hydroxyl groups is 1. The van der Waals surface area contributed by atoms with E-state index in [9.17, 15) is 5.11 Å². The van der Waals surface area contributed by atoms with Crippen LogP contribution in [0.3, 0.4) is 0 Å². The molecule has 1 N–H and O–H groups in total. The Labute approximate surface area is 167 Å². The zero-order chi connectivity index (χ0) is 19.9. The predicted molar refractivity (Wildman–Crippen MR) is 111 cm³/mol. The molecular weight excluding hydrogens is 350 g/mol. The lowest BCUT2D eigenvalue weighted by atomic mass is 9.97. The summed E-state index contributed by atoms with van der Waals surface area (Å²) < 4.78 is 11.8. The molecular formula is C24H29NO3. The second-order valence-electron chi connectivity index (χ2n) is 7.34. The SMILES string of the molecule is Cc1ccc(CN(C)C[C@H](O)CO[C@H](c2ccccc2)c2ccccc2C)o1. The minimum atomic E-state index is -0.587. The molecule has 0 bridgehead atoms. The minimum absolute atomic E-state index is 0.199. The summed E-state index contributed by atoms with van der Waals surface area (Å²) >= 11 is 0. The molecule has 0 fully saturated rings. The number of hydrogen-bond acceptors (Lipinski definition) is 4. The van der Waals surface area contributed by atoms with Gasteiger partial charge in [0.25, 0.3) is 0 Å². The molecule has 1 heterocycles. The summed E-state index contributed by atoms with van der Waals surface area (Å²) in [6.07, 6.45) is -0.786. The van der Waals surface area contributed by atoms with Crippen LogP contribution in [0.1, 0.15) is 34.3 Å². The van der Waals surface area contributed by atoms with Crippen molar-refractivity contribution in [3.05, 3.63) is 94.9 Å². The van der Waals surface area contributed by atoms with Crippen molar-refractivity contribution in [1.82, 2.24) is 4.90 Å². The second kappa shape index (κ2) is 9.69. The topological polar surface area (TPSA) is 45.8 Å². The normalized spacial score (nSPS) is 13.6. The van der Waals surface area contributed by atoms with Crippen molar-refractivity contribution in [2.24, 2.45) is 0 Å². The van der Waals surface area contributed by atoms with Gasteiger partial charge in [0.05, 0.1) is 19.3 Å². The zero-order valence-corrected chi connectivity index (χ0v) is 16.8. The highest BCUT2D eigenvalue weighted by molar-refractivity contribution is 5.35. The van der Waals surface area contributed by atoms with Gasteiger partial charge in [-0.1, -0.05) is 54.6 Å². The van der Waals surface area contributed by atoms with Crippen LogP contribution in [0.25, 0.3) is 0 Å². The Balaban J connectivity index is 1.62. The van der Waals surface area contributed by atoms with Gasteiger partial charge in [0.2, 0.25) is 0 Å². The first-order valence-corrected chi connectivity index (χ1v) is 9.67. The first-order chi connectivity index (χ1) is 13.5. The molecule has 1 aromatic heterocycles. The first kappa shape index (κ1) is 20.3. The van der Waals surface area contributed by atoms with Gasteiger partial charge in [0.1, 0.15) is 17.6 Å². The Morgan fingerprint density at radius 2 is 1.68 bits per heavy atom. The molecule has 3 rings (SSSR count). The van der Waals surface area contributed by atoms with E-state index >= 15 is 0 Å². The third-order valence-electron chi connectivity index (χ3n) is 4.77. The van der Waals surface area contributed by atoms with Gasteiger partial charge in [0.15, 0.2) is 0 Å². The van der Waals surface area contributed by atoms with Gasteiger partial charge in [-0.25, -0.2) is 0 Å². The van der Waals surface area contributed by atoms with Crippen LogP contribution in [0, 0.1) is 13.8 Å². The van der Waals surface area contributed by atoms with Crippen LogP contribution in [0.2, 0.25) is 0 Å². The van der Waals surface area contributed by atoms with Crippen molar-refractivity contribution in [1.29, 1.82) is 0 Å². The average Bonchev–Trinajstić information content (AvgIpc) is 3.08. The van der Waals surface area contributed by atoms with Crippen molar-refractivity contribution in [2.75, 3.05) is 20.2 Å². The maximum absolute atomic E-state index is 10.5. The van der Waals surface area contributed by atoms with Crippen LogP contribution in [0.5, 0.6) is 0 Å². The minimum Gasteiger partial charge on any atom is -0.465 e. The summed E-state index contributed by atoms with van der Waals surface area (Å²) in [7, 11) is 1.97. The molecule has 0 aliphatic carbocycles. The van der Waals surface area contributed by atoms with Gasteiger partial charge in [0, 0.05) is 6.54 Å². The Hall–Kier alpha value is -2.40. The number of ether oxygens (including phenoxy) is 1. The predicted octanol–water partition coefficient (Wildman–Crippen LogP) is 4.50. The van der Waals surface area contributed by atoms with Crippen LogP contribution in [-0.2, 0) is 11.3 Å². The Morgan fingerprint density at radius 1 is 0.964 bits per heavy atom. The lowest BCUT2D eigenvalue weighted by Gasteiger charge is -2.24. The lowest BCUT2D eigenvalue weighted by molar-refractivity contribution is -0.00700. The molecule has 0 radical (unpaired) electrons. The van der Waals surface area contributed by atoms with Crippen molar-refractivity contribution in [2.45, 2.75) is 32.6 Å². The standard InChI is InChI=1S/C24H29NO3/c1-18-9-7-8-12-23(18)24(20-10-5-4-6-11-20)27-17-21(26)15-25(3)16-22-14-13-19(2)28-22/h4-14,21,24,26H,15-17H2,1-3H3/t21-,24+/m0/s1. The number of aryl methyl sites for hydroxylation is 2. The molecule has 0 aliphatic rings. The fourth-order valence-corrected chi connectivity index (χ4v) is 3.39. The molecule has 4 nitrogen and oxygen atoms in total. The molecule has 2 aromatic carbocycles. The maximum Gasteiger partial charge on any atom is 0.118 e. The van der Waals surface area contributed by atoms with Gasteiger partial charge in [-0.3, -0.25) is 4.90 Å². The number of nitrogens with zero attached hydrogens (tertiary/aromatic N) is 1. The van der Waals surface area contributed by atoms with Crippen molar-refractivity contribution in [3.8, 4) is 0 Å². The lowest BCUT2D eigenvalue weighted by Crippen LogP contribution is -2.32. The third kappa shape index (κ3) is 5.55. The van der Waals surface area contributed by atoms with Gasteiger partial charge in [-0.2, -0.15) is 0 Å². The number of furan rings is 1. The summed E-state index contributed by atoms with van der Waals surface area (Å²) in [6, 6.07) is 22.3. The third-order valence-corrected chi connectivity index (χ3v) is 4.77. The van der Waals surface area contributed by atoms with E-state index in [0.717, 1.165) is 22.6 Å². The molecule has 148 valence electrons. The fraction of sp³-hybridized carbons (Fsp3) is 0.333. The van der Waals surface area contributed by atoms with Crippen LogP contribution in [-0.4, -0.2) is 36.3 Å². The first-order valence-electron chi connectivity index (χ1n) is 9.67. The van der Waals surface area contributed by atoms with Gasteiger partial charge in [-0.05, 0) is 49.7 Å². The van der Waals surface area contributed by atoms with Crippen molar-refractivity contribution >= 4 is 0 Å². The smallest absolute Gasteiger partial charge is 0.118 e. The van der Waals surface area contributed by atoms with Gasteiger partial charge >= 0.3 is 0 Å². The molecule has 28 heavy (non-hydrogen) atoms. The molecule has 0 saturated heterocycles. The Bertz CT molecular complexity index is 859. The number of benzene rings is 2. The number of aliphatic hydroxyl groups excluding tert-OH is 1. The highest BCUT2D eigenvalue weighted by Gasteiger charge is 2.19. The summed E-state index contributed by atoms with van der Waals surface area (Å²) in [5, 5.41) is 10.5. The van der Waals surface area contributed by atoms with E-state index in [4.69, 9.17) is 9.15 Å². The van der Waals surface area contributed by atoms with E-state index < -0.39 is 6.10 Å². The number of rotatable bonds is 9. The number of hydrogen-bond donors (Lipinski definition) is 1. The summed E-state index contributed by atoms with van der Waals surface area (Å²) in [4.78, 5) is 2.04. The molecule has 0 unspecified atom stereocenters. The van der Waals surface area contributed by atoms with Crippen molar-refractivity contribution < 1.29 is 14.3 Å². The Morgan fingerprint density at radius 3 is 2.36 bits per heavy atom. The van der Waals surface area contributed by atoms with E-state index in [1.165, 1.54) is 5.56 Å². The average molecular weight is 380 g/mol. The van der Waals surface area contributed by atoms with E-state index in [0.29, 0.717) is 13.1 Å². The van der Waals surface area contributed by atoms with Crippen molar-refractivity contribution in [3.63, 3.8) is 0 Å². The largest absolute Gasteiger partial charge is 0.465 e. The summed E-state index contributed by atoms with van der Waals surface area (Å²) in [5.74, 6) is 1.80. The van der Waals surface area contributed by atoms with Gasteiger partial charge in [-0.15, -0.1) is 0 Å². The van der Waals surface area contributed by atoms with E-state index in [-0.39, 0.29) is 12.7 Å². The van der Waals surface area contributed by atoms with E-state index in [2.05, 4.69) is 31.2 Å². The molecule has 4 heteroatoms. The quantitative estimate of drug-likeness (QED) is 0.595. The van der Waals surface area contributed by atoms with Crippen LogP contribution in [0.15, 0.2) is 71.1 Å². The van der Waals surface area contributed by atoms with E-state index in [1.807, 2.05) is 61.3 Å². The fourth-order valence-electron chi connectivity index (χ4n) is 3.39. The Kier molecular flexibility index (Phi) is 7.04. The van der Waals surface area contributed by atoms with E-state index in [1.54, 1.807) is 0 Å². The molecule has 0 aliphatic heterocycles. The monoisotopic (exact) mass is 379 g/mol. The zero-order valence-electron chi connectivity index (χ0n) is 16.8. The second-order valence-corrected chi connectivity index (χ2v) is 7.34. The highest BCUT2D eigenvalue weighted by Crippen LogP contribution is 2.28. The van der Waals surface area contributed by atoms with Gasteiger partial charge < -0.3 is 14.3 Å². The maximum atomic E-state index is 10.5. The number of likely N-dealkylation sites (N-methyl/N-ethyl adjacent to an activating group) is 1.